The average molecular weight is 313 g/mol. The largest absolute Gasteiger partial charge is 0.294 e. The number of nitrogens with zero attached hydrogens (tertiary/aromatic N) is 1. The molecule has 1 heterocycles. The number of rotatable bonds is 3. The molecule has 0 N–H and O–H groups in total. The van der Waals surface area contributed by atoms with Crippen LogP contribution in [0.1, 0.15) is 22.3 Å². The highest BCUT2D eigenvalue weighted by molar-refractivity contribution is 5.69. The molecular weight excluding hydrogens is 290 g/mol. The molecular formula is C23H23N. The van der Waals surface area contributed by atoms with Crippen molar-refractivity contribution in [1.29, 1.82) is 0 Å². The lowest BCUT2D eigenvalue weighted by atomic mass is 9.89. The van der Waals surface area contributed by atoms with E-state index in [1.54, 1.807) is 5.56 Å². The highest BCUT2D eigenvalue weighted by Gasteiger charge is 2.19. The van der Waals surface area contributed by atoms with Gasteiger partial charge in [-0.25, -0.2) is 0 Å². The van der Waals surface area contributed by atoms with Gasteiger partial charge in [0.25, 0.3) is 0 Å². The second kappa shape index (κ2) is 6.62. The summed E-state index contributed by atoms with van der Waals surface area (Å²) in [4.78, 5) is 2.55. The molecule has 120 valence electrons. The molecule has 0 spiro atoms. The molecule has 0 unspecified atom stereocenters. The molecule has 4 rings (SSSR count). The molecule has 0 atom stereocenters. The lowest BCUT2D eigenvalue weighted by molar-refractivity contribution is 0.245. The van der Waals surface area contributed by atoms with Gasteiger partial charge in [0.1, 0.15) is 0 Å². The Kier molecular flexibility index (Phi) is 4.18. The predicted molar refractivity (Wildman–Crippen MR) is 101 cm³/mol. The molecule has 0 amide bonds. The van der Waals surface area contributed by atoms with Gasteiger partial charge in [-0.3, -0.25) is 4.90 Å². The summed E-state index contributed by atoms with van der Waals surface area (Å²) in [6, 6.07) is 26.2. The molecule has 0 aromatic heterocycles. The summed E-state index contributed by atoms with van der Waals surface area (Å²) in [5.41, 5.74) is 8.61. The van der Waals surface area contributed by atoms with Crippen LogP contribution in [0.2, 0.25) is 0 Å². The van der Waals surface area contributed by atoms with E-state index >= 15 is 0 Å². The van der Waals surface area contributed by atoms with Crippen LogP contribution < -0.4 is 0 Å². The van der Waals surface area contributed by atoms with Crippen LogP contribution in [0, 0.1) is 6.92 Å². The molecule has 3 aromatic rings. The maximum atomic E-state index is 2.55. The summed E-state index contributed by atoms with van der Waals surface area (Å²) in [7, 11) is 0. The highest BCUT2D eigenvalue weighted by atomic mass is 15.1. The Labute approximate surface area is 144 Å². The SMILES string of the molecule is Cc1c(-c2ccccc2)ccc2c1CCN(Cc1ccccc1)C2. The van der Waals surface area contributed by atoms with Crippen LogP contribution in [0.4, 0.5) is 0 Å². The molecule has 1 nitrogen and oxygen atoms in total. The van der Waals surface area contributed by atoms with Crippen molar-refractivity contribution in [2.75, 3.05) is 6.54 Å². The molecule has 0 saturated heterocycles. The van der Waals surface area contributed by atoms with Gasteiger partial charge in [0.05, 0.1) is 0 Å². The Bertz CT molecular complexity index is 821. The number of benzene rings is 3. The Balaban J connectivity index is 1.58. The second-order valence-electron chi connectivity index (χ2n) is 6.69. The first kappa shape index (κ1) is 15.2. The van der Waals surface area contributed by atoms with Crippen molar-refractivity contribution in [1.82, 2.24) is 4.90 Å². The van der Waals surface area contributed by atoms with E-state index in [0.29, 0.717) is 0 Å². The minimum absolute atomic E-state index is 1.04. The minimum Gasteiger partial charge on any atom is -0.294 e. The summed E-state index contributed by atoms with van der Waals surface area (Å²) < 4.78 is 0. The van der Waals surface area contributed by atoms with Crippen molar-refractivity contribution in [3.05, 3.63) is 95.1 Å². The smallest absolute Gasteiger partial charge is 0.0240 e. The van der Waals surface area contributed by atoms with Gasteiger partial charge in [0.2, 0.25) is 0 Å². The van der Waals surface area contributed by atoms with Crippen molar-refractivity contribution in [2.45, 2.75) is 26.4 Å². The first-order chi connectivity index (χ1) is 11.8. The highest BCUT2D eigenvalue weighted by Crippen LogP contribution is 2.31. The molecule has 0 bridgehead atoms. The quantitative estimate of drug-likeness (QED) is 0.641. The van der Waals surface area contributed by atoms with Crippen molar-refractivity contribution in [2.24, 2.45) is 0 Å². The lowest BCUT2D eigenvalue weighted by Gasteiger charge is -2.30. The molecule has 24 heavy (non-hydrogen) atoms. The first-order valence-electron chi connectivity index (χ1n) is 8.74. The third-order valence-corrected chi connectivity index (χ3v) is 5.10. The zero-order chi connectivity index (χ0) is 16.4. The van der Waals surface area contributed by atoms with Gasteiger partial charge in [-0.15, -0.1) is 0 Å². The summed E-state index contributed by atoms with van der Waals surface area (Å²) in [5.74, 6) is 0. The van der Waals surface area contributed by atoms with E-state index in [4.69, 9.17) is 0 Å². The summed E-state index contributed by atoms with van der Waals surface area (Å²) in [5, 5.41) is 0. The second-order valence-corrected chi connectivity index (χ2v) is 6.69. The number of fused-ring (bicyclic) bond motifs is 1. The van der Waals surface area contributed by atoms with E-state index in [9.17, 15) is 0 Å². The van der Waals surface area contributed by atoms with Crippen LogP contribution in [0.5, 0.6) is 0 Å². The Morgan fingerprint density at radius 2 is 1.54 bits per heavy atom. The zero-order valence-electron chi connectivity index (χ0n) is 14.2. The molecule has 1 heteroatoms. The Hall–Kier alpha value is -2.38. The van der Waals surface area contributed by atoms with Gasteiger partial charge < -0.3 is 0 Å². The fraction of sp³-hybridized carbons (Fsp3) is 0.217. The van der Waals surface area contributed by atoms with Crippen molar-refractivity contribution in [3.63, 3.8) is 0 Å². The topological polar surface area (TPSA) is 3.24 Å². The van der Waals surface area contributed by atoms with E-state index in [-0.39, 0.29) is 0 Å². The summed E-state index contributed by atoms with van der Waals surface area (Å²) in [6.07, 6.45) is 1.15. The zero-order valence-corrected chi connectivity index (χ0v) is 14.2. The minimum atomic E-state index is 1.04. The number of hydrogen-bond donors (Lipinski definition) is 0. The monoisotopic (exact) mass is 313 g/mol. The number of hydrogen-bond acceptors (Lipinski definition) is 1. The standard InChI is InChI=1S/C23H23N/c1-18-22(20-10-6-3-7-11-20)13-12-21-17-24(15-14-23(18)21)16-19-8-4-2-5-9-19/h2-13H,14-17H2,1H3. The molecule has 0 saturated carbocycles. The van der Waals surface area contributed by atoms with Crippen LogP contribution in [0.3, 0.4) is 0 Å². The van der Waals surface area contributed by atoms with Crippen LogP contribution in [0.25, 0.3) is 11.1 Å². The van der Waals surface area contributed by atoms with E-state index in [1.807, 2.05) is 0 Å². The van der Waals surface area contributed by atoms with E-state index < -0.39 is 0 Å². The molecule has 3 aromatic carbocycles. The average Bonchev–Trinajstić information content (AvgIpc) is 2.64. The molecule has 1 aliphatic heterocycles. The summed E-state index contributed by atoms with van der Waals surface area (Å²) in [6.45, 7) is 5.52. The van der Waals surface area contributed by atoms with Crippen molar-refractivity contribution < 1.29 is 0 Å². The molecule has 0 aliphatic carbocycles. The fourth-order valence-electron chi connectivity index (χ4n) is 3.81. The van der Waals surface area contributed by atoms with E-state index in [0.717, 1.165) is 26.1 Å². The van der Waals surface area contributed by atoms with Gasteiger partial charge in [0.15, 0.2) is 0 Å². The normalized spacial score (nSPS) is 14.4. The maximum Gasteiger partial charge on any atom is 0.0240 e. The van der Waals surface area contributed by atoms with Crippen LogP contribution in [-0.2, 0) is 19.5 Å². The van der Waals surface area contributed by atoms with Crippen LogP contribution in [0.15, 0.2) is 72.8 Å². The van der Waals surface area contributed by atoms with Gasteiger partial charge in [-0.2, -0.15) is 0 Å². The third kappa shape index (κ3) is 3.00. The van der Waals surface area contributed by atoms with E-state index in [1.165, 1.54) is 27.8 Å². The van der Waals surface area contributed by atoms with Crippen molar-refractivity contribution >= 4 is 0 Å². The molecule has 1 aliphatic rings. The third-order valence-electron chi connectivity index (χ3n) is 5.10. The van der Waals surface area contributed by atoms with Gasteiger partial charge in [-0.05, 0) is 46.7 Å². The van der Waals surface area contributed by atoms with E-state index in [2.05, 4.69) is 84.6 Å². The predicted octanol–water partition coefficient (Wildman–Crippen LogP) is 5.22. The van der Waals surface area contributed by atoms with Crippen LogP contribution >= 0.6 is 0 Å². The van der Waals surface area contributed by atoms with Gasteiger partial charge in [-0.1, -0.05) is 72.8 Å². The van der Waals surface area contributed by atoms with Gasteiger partial charge >= 0.3 is 0 Å². The lowest BCUT2D eigenvalue weighted by Crippen LogP contribution is -2.30. The molecule has 0 fully saturated rings. The maximum absolute atomic E-state index is 2.55. The van der Waals surface area contributed by atoms with Crippen molar-refractivity contribution in [3.8, 4) is 11.1 Å². The summed E-state index contributed by atoms with van der Waals surface area (Å²) >= 11 is 0. The fourth-order valence-corrected chi connectivity index (χ4v) is 3.81. The Morgan fingerprint density at radius 3 is 2.29 bits per heavy atom. The first-order valence-corrected chi connectivity index (χ1v) is 8.74. The Morgan fingerprint density at radius 1 is 0.833 bits per heavy atom. The molecule has 0 radical (unpaired) electrons. The van der Waals surface area contributed by atoms with Crippen LogP contribution in [-0.4, -0.2) is 11.4 Å². The van der Waals surface area contributed by atoms with Gasteiger partial charge in [0, 0.05) is 19.6 Å².